The Morgan fingerprint density at radius 2 is 1.79 bits per heavy atom. The zero-order valence-electron chi connectivity index (χ0n) is 12.6. The summed E-state index contributed by atoms with van der Waals surface area (Å²) < 4.78 is 0. The molecule has 1 amide bonds. The fourth-order valence-corrected chi connectivity index (χ4v) is 1.78. The lowest BCUT2D eigenvalue weighted by molar-refractivity contribution is 0.0739. The molecule has 108 valence electrons. The lowest BCUT2D eigenvalue weighted by Crippen LogP contribution is -2.33. The Morgan fingerprint density at radius 1 is 1.21 bits per heavy atom. The number of carbonyl (C=O) groups excluding carboxylic acids is 1. The van der Waals surface area contributed by atoms with E-state index >= 15 is 0 Å². The predicted molar refractivity (Wildman–Crippen MR) is 76.2 cm³/mol. The summed E-state index contributed by atoms with van der Waals surface area (Å²) in [6, 6.07) is 0. The van der Waals surface area contributed by atoms with Gasteiger partial charge in [-0.05, 0) is 12.8 Å². The molecular formula is C14H26N4O. The van der Waals surface area contributed by atoms with Gasteiger partial charge in [-0.3, -0.25) is 9.89 Å². The Kier molecular flexibility index (Phi) is 6.53. The second-order valence-electron chi connectivity index (χ2n) is 5.20. The normalized spacial score (nSPS) is 11.0. The minimum atomic E-state index is -0.0509. The first kappa shape index (κ1) is 15.7. The van der Waals surface area contributed by atoms with Crippen LogP contribution in [0.1, 0.15) is 75.7 Å². The van der Waals surface area contributed by atoms with Gasteiger partial charge >= 0.3 is 0 Å². The van der Waals surface area contributed by atoms with E-state index in [2.05, 4.69) is 29.0 Å². The molecule has 1 aromatic heterocycles. The summed E-state index contributed by atoms with van der Waals surface area (Å²) in [6.45, 7) is 9.90. The van der Waals surface area contributed by atoms with E-state index in [1.807, 2.05) is 18.7 Å². The highest BCUT2D eigenvalue weighted by Crippen LogP contribution is 2.10. The quantitative estimate of drug-likeness (QED) is 0.787. The number of carbonyl (C=O) groups is 1. The largest absolute Gasteiger partial charge is 0.336 e. The standard InChI is InChI=1S/C14H26N4O/c1-5-7-9-18(10-8-6-2)14(19)13-15-12(11(3)4)16-17-13/h11H,5-10H2,1-4H3,(H,15,16,17). The molecule has 0 aliphatic rings. The third-order valence-corrected chi connectivity index (χ3v) is 3.09. The first-order valence-corrected chi connectivity index (χ1v) is 7.31. The van der Waals surface area contributed by atoms with Gasteiger partial charge in [0.2, 0.25) is 5.82 Å². The average Bonchev–Trinajstić information content (AvgIpc) is 2.88. The Morgan fingerprint density at radius 3 is 2.21 bits per heavy atom. The van der Waals surface area contributed by atoms with Crippen LogP contribution in [-0.4, -0.2) is 39.1 Å². The van der Waals surface area contributed by atoms with Crippen LogP contribution in [0.15, 0.2) is 0 Å². The highest BCUT2D eigenvalue weighted by Gasteiger charge is 2.20. The molecule has 0 aliphatic carbocycles. The van der Waals surface area contributed by atoms with Crippen molar-refractivity contribution >= 4 is 5.91 Å². The van der Waals surface area contributed by atoms with Gasteiger partial charge in [-0.25, -0.2) is 4.98 Å². The third-order valence-electron chi connectivity index (χ3n) is 3.09. The van der Waals surface area contributed by atoms with Crippen LogP contribution in [0.2, 0.25) is 0 Å². The van der Waals surface area contributed by atoms with Gasteiger partial charge in [0.15, 0.2) is 0 Å². The maximum Gasteiger partial charge on any atom is 0.293 e. The van der Waals surface area contributed by atoms with Crippen LogP contribution in [0.5, 0.6) is 0 Å². The first-order chi connectivity index (χ1) is 9.10. The van der Waals surface area contributed by atoms with E-state index in [0.29, 0.717) is 5.82 Å². The summed E-state index contributed by atoms with van der Waals surface area (Å²) in [7, 11) is 0. The maximum absolute atomic E-state index is 12.4. The predicted octanol–water partition coefficient (Wildman–Crippen LogP) is 2.97. The molecule has 1 heterocycles. The Labute approximate surface area is 115 Å². The number of hydrogen-bond acceptors (Lipinski definition) is 3. The van der Waals surface area contributed by atoms with Gasteiger partial charge in [-0.1, -0.05) is 40.5 Å². The number of aromatic nitrogens is 3. The van der Waals surface area contributed by atoms with Crippen LogP contribution in [0, 0.1) is 0 Å². The molecule has 0 saturated carbocycles. The van der Waals surface area contributed by atoms with Crippen molar-refractivity contribution in [3.63, 3.8) is 0 Å². The molecule has 1 aromatic rings. The van der Waals surface area contributed by atoms with Crippen molar-refractivity contribution in [2.75, 3.05) is 13.1 Å². The minimum Gasteiger partial charge on any atom is -0.336 e. The third kappa shape index (κ3) is 4.65. The van der Waals surface area contributed by atoms with Gasteiger partial charge in [0, 0.05) is 19.0 Å². The van der Waals surface area contributed by atoms with Crippen molar-refractivity contribution in [2.24, 2.45) is 0 Å². The lowest BCUT2D eigenvalue weighted by atomic mass is 10.2. The number of rotatable bonds is 8. The van der Waals surface area contributed by atoms with Crippen molar-refractivity contribution in [2.45, 2.75) is 59.3 Å². The zero-order chi connectivity index (χ0) is 14.3. The molecule has 5 heteroatoms. The highest BCUT2D eigenvalue weighted by molar-refractivity contribution is 5.90. The van der Waals surface area contributed by atoms with E-state index in [9.17, 15) is 4.79 Å². The first-order valence-electron chi connectivity index (χ1n) is 7.31. The molecule has 1 rings (SSSR count). The summed E-state index contributed by atoms with van der Waals surface area (Å²) in [5.74, 6) is 1.28. The van der Waals surface area contributed by atoms with Crippen molar-refractivity contribution < 1.29 is 4.79 Å². The molecule has 5 nitrogen and oxygen atoms in total. The monoisotopic (exact) mass is 266 g/mol. The molecule has 1 N–H and O–H groups in total. The smallest absolute Gasteiger partial charge is 0.293 e. The Hall–Kier alpha value is -1.39. The van der Waals surface area contributed by atoms with Crippen LogP contribution < -0.4 is 0 Å². The van der Waals surface area contributed by atoms with Gasteiger partial charge in [0.25, 0.3) is 5.91 Å². The van der Waals surface area contributed by atoms with Gasteiger partial charge in [0.1, 0.15) is 5.82 Å². The molecule has 0 atom stereocenters. The van der Waals surface area contributed by atoms with E-state index in [4.69, 9.17) is 0 Å². The summed E-state index contributed by atoms with van der Waals surface area (Å²) >= 11 is 0. The molecule has 0 spiro atoms. The number of hydrogen-bond donors (Lipinski definition) is 1. The molecule has 0 unspecified atom stereocenters. The second kappa shape index (κ2) is 7.92. The maximum atomic E-state index is 12.4. The summed E-state index contributed by atoms with van der Waals surface area (Å²) in [6.07, 6.45) is 4.22. The van der Waals surface area contributed by atoms with Crippen LogP contribution in [0.4, 0.5) is 0 Å². The van der Waals surface area contributed by atoms with Crippen LogP contribution in [0.25, 0.3) is 0 Å². The highest BCUT2D eigenvalue weighted by atomic mass is 16.2. The summed E-state index contributed by atoms with van der Waals surface area (Å²) in [5, 5.41) is 6.89. The van der Waals surface area contributed by atoms with Gasteiger partial charge in [0.05, 0.1) is 0 Å². The molecular weight excluding hydrogens is 240 g/mol. The number of amides is 1. The number of nitrogens with zero attached hydrogens (tertiary/aromatic N) is 3. The number of unbranched alkanes of at least 4 members (excludes halogenated alkanes) is 2. The van der Waals surface area contributed by atoms with Gasteiger partial charge in [-0.2, -0.15) is 0 Å². The fourth-order valence-electron chi connectivity index (χ4n) is 1.78. The van der Waals surface area contributed by atoms with E-state index < -0.39 is 0 Å². The van der Waals surface area contributed by atoms with Crippen LogP contribution >= 0.6 is 0 Å². The van der Waals surface area contributed by atoms with Crippen molar-refractivity contribution in [1.29, 1.82) is 0 Å². The summed E-state index contributed by atoms with van der Waals surface area (Å²) in [4.78, 5) is 18.5. The number of nitrogens with one attached hydrogen (secondary N) is 1. The second-order valence-corrected chi connectivity index (χ2v) is 5.20. The molecule has 19 heavy (non-hydrogen) atoms. The van der Waals surface area contributed by atoms with E-state index in [1.54, 1.807) is 0 Å². The van der Waals surface area contributed by atoms with Crippen LogP contribution in [-0.2, 0) is 0 Å². The molecule has 0 radical (unpaired) electrons. The van der Waals surface area contributed by atoms with Crippen LogP contribution in [0.3, 0.4) is 0 Å². The number of aromatic amines is 1. The van der Waals surface area contributed by atoms with E-state index in [1.165, 1.54) is 0 Å². The van der Waals surface area contributed by atoms with Crippen molar-refractivity contribution in [3.05, 3.63) is 11.6 Å². The lowest BCUT2D eigenvalue weighted by Gasteiger charge is -2.20. The molecule has 0 bridgehead atoms. The Balaban J connectivity index is 2.72. The van der Waals surface area contributed by atoms with Crippen molar-refractivity contribution in [1.82, 2.24) is 20.1 Å². The average molecular weight is 266 g/mol. The fraction of sp³-hybridized carbons (Fsp3) is 0.786. The van der Waals surface area contributed by atoms with Crippen molar-refractivity contribution in [3.8, 4) is 0 Å². The molecule has 0 aliphatic heterocycles. The SMILES string of the molecule is CCCCN(CCCC)C(=O)c1n[nH]c(C(C)C)n1. The summed E-state index contributed by atoms with van der Waals surface area (Å²) in [5.41, 5.74) is 0. The van der Waals surface area contributed by atoms with Gasteiger partial charge in [-0.15, -0.1) is 5.10 Å². The zero-order valence-corrected chi connectivity index (χ0v) is 12.6. The molecule has 0 aromatic carbocycles. The van der Waals surface area contributed by atoms with Gasteiger partial charge < -0.3 is 4.90 Å². The van der Waals surface area contributed by atoms with E-state index in [0.717, 1.165) is 44.6 Å². The topological polar surface area (TPSA) is 61.9 Å². The minimum absolute atomic E-state index is 0.0509. The van der Waals surface area contributed by atoms with E-state index in [-0.39, 0.29) is 11.8 Å². The molecule has 0 fully saturated rings. The molecule has 0 saturated heterocycles. The Bertz CT molecular complexity index is 379. The number of H-pyrrole nitrogens is 1.